The first-order valence-corrected chi connectivity index (χ1v) is 8.15. The minimum atomic E-state index is 0.0326. The van der Waals surface area contributed by atoms with Gasteiger partial charge in [0.1, 0.15) is 5.01 Å². The number of nitrogens with two attached hydrogens (primary N) is 1. The Hall–Kier alpha value is -1.39. The minimum absolute atomic E-state index is 0.0326. The zero-order valence-electron chi connectivity index (χ0n) is 11.9. The predicted molar refractivity (Wildman–Crippen MR) is 85.1 cm³/mol. The van der Waals surface area contributed by atoms with E-state index < -0.39 is 0 Å². The van der Waals surface area contributed by atoms with Crippen molar-refractivity contribution in [3.63, 3.8) is 0 Å². The van der Waals surface area contributed by atoms with Crippen molar-refractivity contribution < 1.29 is 0 Å². The summed E-state index contributed by atoms with van der Waals surface area (Å²) in [5.74, 6) is 0. The lowest BCUT2D eigenvalue weighted by Gasteiger charge is -2.24. The van der Waals surface area contributed by atoms with Gasteiger partial charge in [-0.15, -0.1) is 11.3 Å². The summed E-state index contributed by atoms with van der Waals surface area (Å²) in [4.78, 5) is 7.12. The molecule has 106 valence electrons. The van der Waals surface area contributed by atoms with Crippen molar-refractivity contribution in [1.82, 2.24) is 4.98 Å². The second kappa shape index (κ2) is 5.94. The maximum Gasteiger partial charge on any atom is 0.109 e. The molecule has 2 heterocycles. The summed E-state index contributed by atoms with van der Waals surface area (Å²) < 4.78 is 0. The highest BCUT2D eigenvalue weighted by Crippen LogP contribution is 2.28. The first-order chi connectivity index (χ1) is 9.74. The second-order valence-electron chi connectivity index (χ2n) is 5.47. The highest BCUT2D eigenvalue weighted by molar-refractivity contribution is 7.09. The van der Waals surface area contributed by atoms with Crippen molar-refractivity contribution in [2.45, 2.75) is 38.8 Å². The van der Waals surface area contributed by atoms with E-state index >= 15 is 0 Å². The smallest absolute Gasteiger partial charge is 0.109 e. The summed E-state index contributed by atoms with van der Waals surface area (Å²) in [6.07, 6.45) is 3.71. The van der Waals surface area contributed by atoms with Crippen LogP contribution in [0.1, 0.15) is 42.1 Å². The summed E-state index contributed by atoms with van der Waals surface area (Å²) in [5, 5.41) is 3.18. The summed E-state index contributed by atoms with van der Waals surface area (Å²) >= 11 is 1.67. The lowest BCUT2D eigenvalue weighted by Crippen LogP contribution is -2.23. The van der Waals surface area contributed by atoms with E-state index in [0.29, 0.717) is 0 Å². The van der Waals surface area contributed by atoms with Crippen LogP contribution in [0.4, 0.5) is 5.69 Å². The molecular weight excluding hydrogens is 266 g/mol. The molecular formula is C16H21N3S. The zero-order valence-corrected chi connectivity index (χ0v) is 12.7. The van der Waals surface area contributed by atoms with Crippen molar-refractivity contribution >= 4 is 17.0 Å². The zero-order chi connectivity index (χ0) is 13.9. The van der Waals surface area contributed by atoms with Crippen LogP contribution >= 0.6 is 11.3 Å². The van der Waals surface area contributed by atoms with Crippen molar-refractivity contribution in [3.8, 4) is 0 Å². The molecule has 1 unspecified atom stereocenters. The van der Waals surface area contributed by atoms with E-state index in [2.05, 4.69) is 39.5 Å². The van der Waals surface area contributed by atoms with Crippen LogP contribution in [-0.2, 0) is 13.0 Å². The van der Waals surface area contributed by atoms with Gasteiger partial charge < -0.3 is 10.6 Å². The van der Waals surface area contributed by atoms with Crippen LogP contribution in [0.5, 0.6) is 0 Å². The van der Waals surface area contributed by atoms with Gasteiger partial charge in [0.2, 0.25) is 0 Å². The number of para-hydroxylation sites is 1. The average molecular weight is 287 g/mol. The minimum Gasteiger partial charge on any atom is -0.365 e. The van der Waals surface area contributed by atoms with E-state index in [-0.39, 0.29) is 6.04 Å². The van der Waals surface area contributed by atoms with E-state index in [1.165, 1.54) is 30.5 Å². The molecule has 1 aromatic carbocycles. The highest BCUT2D eigenvalue weighted by atomic mass is 32.1. The summed E-state index contributed by atoms with van der Waals surface area (Å²) in [7, 11) is 0. The Morgan fingerprint density at radius 2 is 2.20 bits per heavy atom. The number of benzene rings is 1. The fraction of sp³-hybridized carbons (Fsp3) is 0.438. The maximum atomic E-state index is 5.90. The van der Waals surface area contributed by atoms with E-state index in [1.54, 1.807) is 11.3 Å². The van der Waals surface area contributed by atoms with Crippen LogP contribution in [0.2, 0.25) is 0 Å². The molecule has 0 saturated heterocycles. The third-order valence-corrected chi connectivity index (χ3v) is 4.86. The Morgan fingerprint density at radius 1 is 1.35 bits per heavy atom. The topological polar surface area (TPSA) is 42.1 Å². The summed E-state index contributed by atoms with van der Waals surface area (Å²) in [6, 6.07) is 8.79. The second-order valence-corrected chi connectivity index (χ2v) is 6.36. The summed E-state index contributed by atoms with van der Waals surface area (Å²) in [6.45, 7) is 3.99. The van der Waals surface area contributed by atoms with E-state index in [1.807, 2.05) is 6.92 Å². The monoisotopic (exact) mass is 287 g/mol. The fourth-order valence-electron chi connectivity index (χ4n) is 2.73. The fourth-order valence-corrected chi connectivity index (χ4v) is 3.50. The number of thiazole rings is 1. The number of nitrogens with zero attached hydrogens (tertiary/aromatic N) is 2. The number of hydrogen-bond donors (Lipinski definition) is 1. The molecule has 1 aromatic heterocycles. The number of aryl methyl sites for hydroxylation is 1. The van der Waals surface area contributed by atoms with Crippen LogP contribution in [0, 0.1) is 0 Å². The van der Waals surface area contributed by atoms with Gasteiger partial charge in [-0.25, -0.2) is 4.98 Å². The molecule has 0 bridgehead atoms. The van der Waals surface area contributed by atoms with Gasteiger partial charge in [0.15, 0.2) is 0 Å². The van der Waals surface area contributed by atoms with Gasteiger partial charge in [0, 0.05) is 17.6 Å². The normalized spacial score (nSPS) is 16.6. The largest absolute Gasteiger partial charge is 0.365 e. The Morgan fingerprint density at radius 3 is 3.00 bits per heavy atom. The van der Waals surface area contributed by atoms with E-state index in [4.69, 9.17) is 5.73 Å². The molecule has 3 nitrogen and oxygen atoms in total. The molecule has 0 spiro atoms. The van der Waals surface area contributed by atoms with Gasteiger partial charge in [-0.1, -0.05) is 18.2 Å². The maximum absolute atomic E-state index is 5.90. The highest BCUT2D eigenvalue weighted by Gasteiger charge is 2.16. The molecule has 0 amide bonds. The molecule has 0 fully saturated rings. The number of hydrogen-bond acceptors (Lipinski definition) is 4. The van der Waals surface area contributed by atoms with Crippen molar-refractivity contribution in [3.05, 3.63) is 45.9 Å². The molecule has 3 rings (SSSR count). The van der Waals surface area contributed by atoms with Gasteiger partial charge >= 0.3 is 0 Å². The van der Waals surface area contributed by atoms with Crippen LogP contribution in [-0.4, -0.2) is 11.5 Å². The predicted octanol–water partition coefficient (Wildman–Crippen LogP) is 3.51. The van der Waals surface area contributed by atoms with Gasteiger partial charge in [-0.2, -0.15) is 0 Å². The van der Waals surface area contributed by atoms with Gasteiger partial charge in [0.05, 0.1) is 18.3 Å². The molecule has 1 atom stereocenters. The standard InChI is InChI=1S/C16H21N3S/c1-12(17)16-18-14(11-20-16)10-19-9-5-4-7-13-6-2-3-8-15(13)19/h2-3,6,8,11-12H,4-5,7,9-10,17H2,1H3. The molecule has 1 aliphatic heterocycles. The van der Waals surface area contributed by atoms with E-state index in [9.17, 15) is 0 Å². The van der Waals surface area contributed by atoms with Crippen molar-refractivity contribution in [2.24, 2.45) is 5.73 Å². The Kier molecular flexibility index (Phi) is 4.03. The number of rotatable bonds is 3. The van der Waals surface area contributed by atoms with Crippen molar-refractivity contribution in [1.29, 1.82) is 0 Å². The van der Waals surface area contributed by atoms with Gasteiger partial charge in [0.25, 0.3) is 0 Å². The molecule has 0 radical (unpaired) electrons. The average Bonchev–Trinajstić information content (AvgIpc) is 2.82. The van der Waals surface area contributed by atoms with Gasteiger partial charge in [-0.05, 0) is 37.8 Å². The van der Waals surface area contributed by atoms with Gasteiger partial charge in [-0.3, -0.25) is 0 Å². The lowest BCUT2D eigenvalue weighted by atomic mass is 10.1. The summed E-state index contributed by atoms with van der Waals surface area (Å²) in [5.41, 5.74) is 9.87. The van der Waals surface area contributed by atoms with Crippen LogP contribution in [0.3, 0.4) is 0 Å². The molecule has 2 N–H and O–H groups in total. The number of fused-ring (bicyclic) bond motifs is 1. The number of anilines is 1. The van der Waals surface area contributed by atoms with E-state index in [0.717, 1.165) is 23.8 Å². The first kappa shape index (κ1) is 13.6. The quantitative estimate of drug-likeness (QED) is 0.939. The molecule has 0 aliphatic carbocycles. The van der Waals surface area contributed by atoms with Crippen LogP contribution < -0.4 is 10.6 Å². The third-order valence-electron chi connectivity index (χ3n) is 3.77. The Balaban J connectivity index is 1.82. The molecule has 2 aromatic rings. The molecule has 1 aliphatic rings. The molecule has 0 saturated carbocycles. The Labute approximate surface area is 124 Å². The van der Waals surface area contributed by atoms with Crippen LogP contribution in [0.25, 0.3) is 0 Å². The van der Waals surface area contributed by atoms with Crippen LogP contribution in [0.15, 0.2) is 29.6 Å². The Bertz CT molecular complexity index is 577. The lowest BCUT2D eigenvalue weighted by molar-refractivity contribution is 0.706. The first-order valence-electron chi connectivity index (χ1n) is 7.27. The third kappa shape index (κ3) is 2.86. The van der Waals surface area contributed by atoms with Crippen molar-refractivity contribution in [2.75, 3.05) is 11.4 Å². The molecule has 20 heavy (non-hydrogen) atoms. The number of aromatic nitrogens is 1. The molecule has 4 heteroatoms. The SMILES string of the molecule is CC(N)c1nc(CN2CCCCc3ccccc32)cs1.